The lowest BCUT2D eigenvalue weighted by molar-refractivity contribution is 0.0966. The summed E-state index contributed by atoms with van der Waals surface area (Å²) in [5.41, 5.74) is 0.0572. The Hall–Kier alpha value is -3.02. The van der Waals surface area contributed by atoms with Crippen molar-refractivity contribution in [3.05, 3.63) is 73.1 Å². The predicted octanol–water partition coefficient (Wildman–Crippen LogP) is 0.800. The zero-order valence-corrected chi connectivity index (χ0v) is 12.0. The summed E-state index contributed by atoms with van der Waals surface area (Å²) in [4.78, 5) is 51.4. The molecule has 2 heterocycles. The molecule has 0 bridgehead atoms. The van der Waals surface area contributed by atoms with E-state index >= 15 is 0 Å². The highest BCUT2D eigenvalue weighted by Crippen LogP contribution is 2.28. The van der Waals surface area contributed by atoms with Crippen LogP contribution >= 0.6 is 0 Å². The number of carbonyl (C=O) groups is 2. The molecule has 110 valence electrons. The van der Waals surface area contributed by atoms with Gasteiger partial charge in [-0.05, 0) is 18.1 Å². The summed E-state index contributed by atoms with van der Waals surface area (Å²) in [6, 6.07) is 2.54. The fourth-order valence-corrected chi connectivity index (χ4v) is 2.78. The fraction of sp³-hybridized carbons (Fsp3) is 0.125. The van der Waals surface area contributed by atoms with E-state index in [4.69, 9.17) is 0 Å². The topological polar surface area (TPSA) is 89.0 Å². The Labute approximate surface area is 124 Å². The number of hydrogen-bond donors (Lipinski definition) is 1. The molecule has 0 amide bonds. The second-order valence-corrected chi connectivity index (χ2v) is 5.15. The van der Waals surface area contributed by atoms with Crippen LogP contribution in [0.4, 0.5) is 0 Å². The summed E-state index contributed by atoms with van der Waals surface area (Å²) in [5.74, 6) is -0.947. The number of ketones is 2. The molecule has 0 aliphatic heterocycles. The average Bonchev–Trinajstić information content (AvgIpc) is 2.46. The third-order valence-electron chi connectivity index (χ3n) is 3.83. The van der Waals surface area contributed by atoms with Crippen molar-refractivity contribution in [1.29, 1.82) is 0 Å². The number of carbonyl (C=O) groups excluding carboxylic acids is 2. The van der Waals surface area contributed by atoms with Gasteiger partial charge in [0, 0.05) is 19.2 Å². The second-order valence-electron chi connectivity index (χ2n) is 5.15. The summed E-state index contributed by atoms with van der Waals surface area (Å²) in [7, 11) is 1.41. The van der Waals surface area contributed by atoms with Crippen LogP contribution in [-0.4, -0.2) is 21.1 Å². The summed E-state index contributed by atoms with van der Waals surface area (Å²) >= 11 is 0. The van der Waals surface area contributed by atoms with Gasteiger partial charge in [-0.2, -0.15) is 0 Å². The number of rotatable bonds is 1. The Morgan fingerprint density at radius 2 is 1.77 bits per heavy atom. The van der Waals surface area contributed by atoms with E-state index in [1.807, 2.05) is 0 Å². The highest BCUT2D eigenvalue weighted by molar-refractivity contribution is 6.28. The molecule has 0 fully saturated rings. The molecule has 0 unspecified atom stereocenters. The Kier molecular flexibility index (Phi) is 2.84. The normalized spacial score (nSPS) is 12.8. The van der Waals surface area contributed by atoms with Gasteiger partial charge in [0.2, 0.25) is 11.3 Å². The first kappa shape index (κ1) is 13.9. The average molecular weight is 296 g/mol. The second kappa shape index (κ2) is 4.49. The van der Waals surface area contributed by atoms with E-state index in [1.165, 1.54) is 25.3 Å². The summed E-state index contributed by atoms with van der Waals surface area (Å²) < 4.78 is 1.12. The van der Waals surface area contributed by atoms with Gasteiger partial charge >= 0.3 is 0 Å². The van der Waals surface area contributed by atoms with E-state index in [0.29, 0.717) is 11.1 Å². The molecule has 0 radical (unpaired) electrons. The van der Waals surface area contributed by atoms with E-state index in [1.54, 1.807) is 6.92 Å². The maximum atomic E-state index is 12.8. The van der Waals surface area contributed by atoms with Crippen molar-refractivity contribution in [1.82, 2.24) is 9.55 Å². The van der Waals surface area contributed by atoms with Gasteiger partial charge < -0.3 is 9.55 Å². The molecule has 6 heteroatoms. The molecule has 1 aliphatic rings. The molecule has 1 N–H and O–H groups in total. The van der Waals surface area contributed by atoms with Crippen molar-refractivity contribution < 1.29 is 9.59 Å². The van der Waals surface area contributed by atoms with E-state index < -0.39 is 22.7 Å². The molecular weight excluding hydrogens is 284 g/mol. The Morgan fingerprint density at radius 1 is 1.09 bits per heavy atom. The summed E-state index contributed by atoms with van der Waals surface area (Å²) in [6.45, 7) is 5.19. The largest absolute Gasteiger partial charge is 0.318 e. The van der Waals surface area contributed by atoms with Crippen LogP contribution in [0.5, 0.6) is 0 Å². The highest BCUT2D eigenvalue weighted by Gasteiger charge is 2.35. The fourth-order valence-electron chi connectivity index (χ4n) is 2.78. The van der Waals surface area contributed by atoms with Crippen LogP contribution in [0.15, 0.2) is 28.3 Å². The molecule has 0 saturated heterocycles. The molecule has 0 saturated carbocycles. The van der Waals surface area contributed by atoms with Crippen molar-refractivity contribution >= 4 is 17.6 Å². The zero-order chi connectivity index (χ0) is 16.2. The first-order chi connectivity index (χ1) is 10.4. The molecule has 2 aromatic heterocycles. The molecule has 1 aliphatic carbocycles. The van der Waals surface area contributed by atoms with Gasteiger partial charge in [0.05, 0.1) is 11.1 Å². The Balaban J connectivity index is 2.52. The molecule has 0 atom stereocenters. The number of pyridine rings is 2. The van der Waals surface area contributed by atoms with Gasteiger partial charge in [0.15, 0.2) is 5.78 Å². The number of H-pyrrole nitrogens is 1. The predicted molar refractivity (Wildman–Crippen MR) is 80.4 cm³/mol. The van der Waals surface area contributed by atoms with Crippen molar-refractivity contribution in [3.63, 3.8) is 0 Å². The summed E-state index contributed by atoms with van der Waals surface area (Å²) in [5, 5.41) is 0. The molecule has 6 nitrogen and oxygen atoms in total. The molecule has 2 aromatic rings. The number of nitrogens with one attached hydrogen (secondary N) is 1. The maximum absolute atomic E-state index is 12.8. The van der Waals surface area contributed by atoms with Gasteiger partial charge in [-0.3, -0.25) is 19.2 Å². The van der Waals surface area contributed by atoms with Gasteiger partial charge in [-0.25, -0.2) is 0 Å². The van der Waals surface area contributed by atoms with Gasteiger partial charge in [-0.15, -0.1) is 0 Å². The smallest absolute Gasteiger partial charge is 0.251 e. The number of aryl methyl sites for hydroxylation is 1. The minimum atomic E-state index is -0.547. The van der Waals surface area contributed by atoms with Crippen LogP contribution in [0.2, 0.25) is 0 Å². The third-order valence-corrected chi connectivity index (χ3v) is 3.83. The maximum Gasteiger partial charge on any atom is 0.251 e. The third kappa shape index (κ3) is 1.67. The quantitative estimate of drug-likeness (QED) is 0.719. The molecule has 0 aromatic carbocycles. The van der Waals surface area contributed by atoms with Crippen molar-refractivity contribution in [2.45, 2.75) is 6.92 Å². The van der Waals surface area contributed by atoms with Crippen molar-refractivity contribution in [2.24, 2.45) is 7.05 Å². The molecular formula is C16H12N2O4. The number of aromatic nitrogens is 2. The first-order valence-electron chi connectivity index (χ1n) is 6.56. The lowest BCUT2D eigenvalue weighted by Gasteiger charge is -2.22. The van der Waals surface area contributed by atoms with Crippen molar-refractivity contribution in [2.75, 3.05) is 0 Å². The molecule has 3 rings (SSSR count). The van der Waals surface area contributed by atoms with E-state index in [-0.39, 0.29) is 22.5 Å². The number of fused-ring (bicyclic) bond motifs is 2. The van der Waals surface area contributed by atoms with Crippen LogP contribution in [0.25, 0.3) is 6.08 Å². The minimum Gasteiger partial charge on any atom is -0.318 e. The number of hydrogen-bond acceptors (Lipinski definition) is 4. The standard InChI is InChI=1S/C16H12N2O4/c1-4-8-6-10(20)18(3)14-12(8)15(21)11-7(2)5-9(19)17-13(11)16(14)22/h4-6H,1H2,2-3H3,(H,17,19). The molecule has 22 heavy (non-hydrogen) atoms. The number of aromatic amines is 1. The van der Waals surface area contributed by atoms with Crippen LogP contribution in [0.1, 0.15) is 43.2 Å². The number of nitrogens with zero attached hydrogens (tertiary/aromatic N) is 1. The first-order valence-corrected chi connectivity index (χ1v) is 6.56. The molecule has 0 spiro atoms. The highest BCUT2D eigenvalue weighted by atomic mass is 16.2. The lowest BCUT2D eigenvalue weighted by atomic mass is 9.85. The lowest BCUT2D eigenvalue weighted by Crippen LogP contribution is -2.34. The van der Waals surface area contributed by atoms with E-state index in [2.05, 4.69) is 11.6 Å². The van der Waals surface area contributed by atoms with E-state index in [0.717, 1.165) is 4.57 Å². The Morgan fingerprint density at radius 3 is 2.41 bits per heavy atom. The monoisotopic (exact) mass is 296 g/mol. The van der Waals surface area contributed by atoms with Crippen LogP contribution in [-0.2, 0) is 7.05 Å². The minimum absolute atomic E-state index is 0.0267. The van der Waals surface area contributed by atoms with Crippen LogP contribution in [0, 0.1) is 6.92 Å². The van der Waals surface area contributed by atoms with Crippen molar-refractivity contribution in [3.8, 4) is 0 Å². The van der Waals surface area contributed by atoms with Crippen LogP contribution in [0.3, 0.4) is 0 Å². The van der Waals surface area contributed by atoms with Gasteiger partial charge in [-0.1, -0.05) is 12.7 Å². The van der Waals surface area contributed by atoms with Crippen LogP contribution < -0.4 is 11.1 Å². The van der Waals surface area contributed by atoms with Gasteiger partial charge in [0.25, 0.3) is 5.56 Å². The Bertz CT molecular complexity index is 992. The SMILES string of the molecule is C=Cc1cc(=O)n(C)c2c1C(=O)c1c(C)cc(=O)[nH]c1C2=O. The summed E-state index contributed by atoms with van der Waals surface area (Å²) in [6.07, 6.45) is 1.37. The zero-order valence-electron chi connectivity index (χ0n) is 12.0. The van der Waals surface area contributed by atoms with E-state index in [9.17, 15) is 19.2 Å². The van der Waals surface area contributed by atoms with Gasteiger partial charge in [0.1, 0.15) is 11.4 Å².